The zero-order chi connectivity index (χ0) is 17.1. The van der Waals surface area contributed by atoms with Crippen LogP contribution in [0.3, 0.4) is 0 Å². The molecule has 0 radical (unpaired) electrons. The molecule has 122 valence electrons. The zero-order valence-corrected chi connectivity index (χ0v) is 14.2. The quantitative estimate of drug-likeness (QED) is 0.790. The van der Waals surface area contributed by atoms with Crippen LogP contribution in [0.1, 0.15) is 29.9 Å². The summed E-state index contributed by atoms with van der Waals surface area (Å²) in [6.07, 6.45) is 0. The molecule has 24 heavy (non-hydrogen) atoms. The number of hydrogen-bond acceptors (Lipinski definition) is 2. The Bertz CT molecular complexity index is 833. The molecule has 2 aromatic carbocycles. The smallest absolute Gasteiger partial charge is 0.270 e. The van der Waals surface area contributed by atoms with Gasteiger partial charge < -0.3 is 5.32 Å². The monoisotopic (exact) mass is 319 g/mol. The standard InChI is InChI=1S/C20H21N3O/c1-14(2)21-20(24)19-13-18(16-7-5-4-6-8-16)22-23(19)17-11-9-15(3)10-12-17/h4-14H,1-3H3,(H,21,24). The van der Waals surface area contributed by atoms with Crippen molar-refractivity contribution in [1.82, 2.24) is 15.1 Å². The maximum atomic E-state index is 12.6. The van der Waals surface area contributed by atoms with Gasteiger partial charge in [-0.3, -0.25) is 4.79 Å². The molecule has 0 aliphatic heterocycles. The molecule has 0 atom stereocenters. The number of amides is 1. The average molecular weight is 319 g/mol. The van der Waals surface area contributed by atoms with E-state index in [4.69, 9.17) is 0 Å². The molecule has 3 rings (SSSR count). The molecule has 1 aromatic heterocycles. The predicted octanol–water partition coefficient (Wildman–Crippen LogP) is 3.99. The molecule has 1 heterocycles. The second-order valence-electron chi connectivity index (χ2n) is 6.16. The Morgan fingerprint density at radius 1 is 1.04 bits per heavy atom. The largest absolute Gasteiger partial charge is 0.349 e. The number of rotatable bonds is 4. The third kappa shape index (κ3) is 3.38. The van der Waals surface area contributed by atoms with E-state index in [0.29, 0.717) is 5.69 Å². The summed E-state index contributed by atoms with van der Waals surface area (Å²) in [5, 5.41) is 7.61. The van der Waals surface area contributed by atoms with E-state index in [9.17, 15) is 4.79 Å². The Morgan fingerprint density at radius 3 is 2.33 bits per heavy atom. The fraction of sp³-hybridized carbons (Fsp3) is 0.200. The first-order valence-corrected chi connectivity index (χ1v) is 8.08. The van der Waals surface area contributed by atoms with Crippen molar-refractivity contribution in [2.75, 3.05) is 0 Å². The van der Waals surface area contributed by atoms with Gasteiger partial charge in [0.15, 0.2) is 0 Å². The molecular formula is C20H21N3O. The first kappa shape index (κ1) is 16.0. The van der Waals surface area contributed by atoms with Gasteiger partial charge in [0, 0.05) is 11.6 Å². The van der Waals surface area contributed by atoms with Crippen LogP contribution in [0, 0.1) is 6.92 Å². The van der Waals surface area contributed by atoms with Gasteiger partial charge in [0.1, 0.15) is 5.69 Å². The topological polar surface area (TPSA) is 46.9 Å². The Kier molecular flexibility index (Phi) is 4.47. The molecule has 0 aliphatic carbocycles. The molecule has 4 heteroatoms. The van der Waals surface area contributed by atoms with Crippen LogP contribution in [-0.2, 0) is 0 Å². The van der Waals surface area contributed by atoms with Crippen molar-refractivity contribution < 1.29 is 4.79 Å². The molecule has 3 aromatic rings. The highest BCUT2D eigenvalue weighted by atomic mass is 16.2. The van der Waals surface area contributed by atoms with E-state index in [-0.39, 0.29) is 11.9 Å². The van der Waals surface area contributed by atoms with E-state index in [1.807, 2.05) is 81.4 Å². The van der Waals surface area contributed by atoms with Crippen molar-refractivity contribution in [3.63, 3.8) is 0 Å². The van der Waals surface area contributed by atoms with Gasteiger partial charge in [0.05, 0.1) is 11.4 Å². The summed E-state index contributed by atoms with van der Waals surface area (Å²) in [5.74, 6) is -0.125. The van der Waals surface area contributed by atoms with Crippen molar-refractivity contribution in [3.8, 4) is 16.9 Å². The molecule has 0 bridgehead atoms. The Hall–Kier alpha value is -2.88. The molecule has 0 fully saturated rings. The van der Waals surface area contributed by atoms with Crippen molar-refractivity contribution >= 4 is 5.91 Å². The maximum Gasteiger partial charge on any atom is 0.270 e. The van der Waals surface area contributed by atoms with Crippen LogP contribution in [0.5, 0.6) is 0 Å². The van der Waals surface area contributed by atoms with E-state index >= 15 is 0 Å². The Balaban J connectivity index is 2.09. The lowest BCUT2D eigenvalue weighted by atomic mass is 10.1. The third-order valence-electron chi connectivity index (χ3n) is 3.71. The lowest BCUT2D eigenvalue weighted by molar-refractivity contribution is 0.0935. The van der Waals surface area contributed by atoms with Gasteiger partial charge in [-0.25, -0.2) is 4.68 Å². The lowest BCUT2D eigenvalue weighted by Crippen LogP contribution is -2.31. The average Bonchev–Trinajstić information content (AvgIpc) is 3.01. The highest BCUT2D eigenvalue weighted by Gasteiger charge is 2.18. The van der Waals surface area contributed by atoms with Crippen LogP contribution in [0.25, 0.3) is 16.9 Å². The molecule has 1 amide bonds. The van der Waals surface area contributed by atoms with Gasteiger partial charge in [-0.15, -0.1) is 0 Å². The molecule has 0 spiro atoms. The summed E-state index contributed by atoms with van der Waals surface area (Å²) in [6.45, 7) is 5.93. The summed E-state index contributed by atoms with van der Waals surface area (Å²) >= 11 is 0. The van der Waals surface area contributed by atoms with Crippen molar-refractivity contribution in [2.45, 2.75) is 26.8 Å². The number of nitrogens with zero attached hydrogens (tertiary/aromatic N) is 2. The number of nitrogens with one attached hydrogen (secondary N) is 1. The Morgan fingerprint density at radius 2 is 1.71 bits per heavy atom. The first-order valence-electron chi connectivity index (χ1n) is 8.08. The second-order valence-corrected chi connectivity index (χ2v) is 6.16. The van der Waals surface area contributed by atoms with Crippen molar-refractivity contribution in [2.24, 2.45) is 0 Å². The fourth-order valence-corrected chi connectivity index (χ4v) is 2.51. The van der Waals surface area contributed by atoms with Gasteiger partial charge in [-0.2, -0.15) is 5.10 Å². The van der Waals surface area contributed by atoms with E-state index in [1.165, 1.54) is 5.56 Å². The van der Waals surface area contributed by atoms with Crippen LogP contribution >= 0.6 is 0 Å². The molecule has 0 unspecified atom stereocenters. The maximum absolute atomic E-state index is 12.6. The summed E-state index contributed by atoms with van der Waals surface area (Å²) in [5.41, 5.74) is 4.34. The number of hydrogen-bond donors (Lipinski definition) is 1. The highest BCUT2D eigenvalue weighted by Crippen LogP contribution is 2.22. The predicted molar refractivity (Wildman–Crippen MR) is 96.3 cm³/mol. The lowest BCUT2D eigenvalue weighted by Gasteiger charge is -2.10. The van der Waals surface area contributed by atoms with Gasteiger partial charge in [-0.05, 0) is 39.0 Å². The molecular weight excluding hydrogens is 298 g/mol. The van der Waals surface area contributed by atoms with Gasteiger partial charge in [0.25, 0.3) is 5.91 Å². The van der Waals surface area contributed by atoms with E-state index in [2.05, 4.69) is 10.4 Å². The van der Waals surface area contributed by atoms with E-state index in [0.717, 1.165) is 16.9 Å². The normalized spacial score (nSPS) is 10.8. The van der Waals surface area contributed by atoms with Crippen molar-refractivity contribution in [3.05, 3.63) is 71.9 Å². The van der Waals surface area contributed by atoms with Crippen LogP contribution in [0.4, 0.5) is 0 Å². The molecule has 0 saturated carbocycles. The highest BCUT2D eigenvalue weighted by molar-refractivity contribution is 5.94. The fourth-order valence-electron chi connectivity index (χ4n) is 2.51. The third-order valence-corrected chi connectivity index (χ3v) is 3.71. The minimum atomic E-state index is -0.125. The van der Waals surface area contributed by atoms with Crippen LogP contribution in [-0.4, -0.2) is 21.7 Å². The minimum Gasteiger partial charge on any atom is -0.349 e. The van der Waals surface area contributed by atoms with Crippen LogP contribution in [0.2, 0.25) is 0 Å². The van der Waals surface area contributed by atoms with Gasteiger partial charge >= 0.3 is 0 Å². The number of carbonyl (C=O) groups excluding carboxylic acids is 1. The molecule has 4 nitrogen and oxygen atoms in total. The summed E-state index contributed by atoms with van der Waals surface area (Å²) < 4.78 is 1.71. The van der Waals surface area contributed by atoms with Crippen LogP contribution in [0.15, 0.2) is 60.7 Å². The zero-order valence-electron chi connectivity index (χ0n) is 14.2. The SMILES string of the molecule is Cc1ccc(-n2nc(-c3ccccc3)cc2C(=O)NC(C)C)cc1. The Labute approximate surface area is 142 Å². The minimum absolute atomic E-state index is 0.0686. The molecule has 1 N–H and O–H groups in total. The molecule has 0 aliphatic rings. The second kappa shape index (κ2) is 6.71. The van der Waals surface area contributed by atoms with E-state index < -0.39 is 0 Å². The summed E-state index contributed by atoms with van der Waals surface area (Å²) in [6, 6.07) is 19.8. The van der Waals surface area contributed by atoms with Gasteiger partial charge in [-0.1, -0.05) is 48.0 Å². The first-order chi connectivity index (χ1) is 11.5. The number of aryl methyl sites for hydroxylation is 1. The number of carbonyl (C=O) groups is 1. The summed E-state index contributed by atoms with van der Waals surface area (Å²) in [4.78, 5) is 12.6. The molecule has 0 saturated heterocycles. The van der Waals surface area contributed by atoms with E-state index in [1.54, 1.807) is 4.68 Å². The summed E-state index contributed by atoms with van der Waals surface area (Å²) in [7, 11) is 0. The number of benzene rings is 2. The van der Waals surface area contributed by atoms with Gasteiger partial charge in [0.2, 0.25) is 0 Å². The number of aromatic nitrogens is 2. The van der Waals surface area contributed by atoms with Crippen LogP contribution < -0.4 is 5.32 Å². The van der Waals surface area contributed by atoms with Crippen molar-refractivity contribution in [1.29, 1.82) is 0 Å².